The number of nitrogens with zero attached hydrogens (tertiary/aromatic N) is 1. The average molecular weight is 255 g/mol. The molecule has 1 nitrogen and oxygen atoms in total. The van der Waals surface area contributed by atoms with E-state index in [2.05, 4.69) is 17.5 Å². The van der Waals surface area contributed by atoms with E-state index in [1.165, 1.54) is 51.4 Å². The molecule has 90 valence electrons. The lowest BCUT2D eigenvalue weighted by atomic mass is 9.73. The van der Waals surface area contributed by atoms with Gasteiger partial charge >= 0.3 is 0 Å². The van der Waals surface area contributed by atoms with Crippen LogP contribution < -0.4 is 0 Å². The van der Waals surface area contributed by atoms with Crippen LogP contribution in [-0.2, 0) is 0 Å². The van der Waals surface area contributed by atoms with Gasteiger partial charge in [-0.1, -0.05) is 37.9 Å². The van der Waals surface area contributed by atoms with Crippen molar-refractivity contribution in [2.75, 3.05) is 0 Å². The Kier molecular flexibility index (Phi) is 3.18. The highest BCUT2D eigenvalue weighted by Gasteiger charge is 2.49. The van der Waals surface area contributed by atoms with Gasteiger partial charge in [-0.25, -0.2) is 0 Å². The molecule has 4 unspecified atom stereocenters. The molecule has 0 bridgehead atoms. The number of thiol groups is 1. The molecule has 16 heavy (non-hydrogen) atoms. The van der Waals surface area contributed by atoms with Crippen molar-refractivity contribution in [3.05, 3.63) is 0 Å². The summed E-state index contributed by atoms with van der Waals surface area (Å²) in [5.74, 6) is 1.87. The van der Waals surface area contributed by atoms with Crippen molar-refractivity contribution in [2.24, 2.45) is 11.8 Å². The third-order valence-corrected chi connectivity index (χ3v) is 5.49. The molecule has 3 fully saturated rings. The second-order valence-electron chi connectivity index (χ2n) is 5.72. The Balaban J connectivity index is 1.89. The Hall–Kier alpha value is 0.240. The standard InChI is InChI=1S/C13H21NS2/c15-13(16)14-11-7-3-1-5-9(11)10-6-2-4-8-12(10)14/h9-12H,1-8H2,(H,15,16). The molecule has 0 aromatic heterocycles. The van der Waals surface area contributed by atoms with Crippen molar-refractivity contribution in [3.8, 4) is 0 Å². The van der Waals surface area contributed by atoms with E-state index >= 15 is 0 Å². The Labute approximate surface area is 109 Å². The molecule has 2 aliphatic carbocycles. The molecule has 0 aromatic rings. The third-order valence-electron chi connectivity index (χ3n) is 5.05. The number of hydrogen-bond donors (Lipinski definition) is 1. The largest absolute Gasteiger partial charge is 0.351 e. The lowest BCUT2D eigenvalue weighted by molar-refractivity contribution is 0.231. The predicted molar refractivity (Wildman–Crippen MR) is 74.9 cm³/mol. The molecule has 0 radical (unpaired) electrons. The fraction of sp³-hybridized carbons (Fsp3) is 0.923. The summed E-state index contributed by atoms with van der Waals surface area (Å²) < 4.78 is 0.867. The number of hydrogen-bond acceptors (Lipinski definition) is 1. The van der Waals surface area contributed by atoms with Gasteiger partial charge in [0.05, 0.1) is 0 Å². The molecule has 1 heterocycles. The molecular weight excluding hydrogens is 234 g/mol. The van der Waals surface area contributed by atoms with Gasteiger partial charge in [0.25, 0.3) is 0 Å². The fourth-order valence-electron chi connectivity index (χ4n) is 4.50. The summed E-state index contributed by atoms with van der Waals surface area (Å²) in [6, 6.07) is 1.48. The molecule has 1 saturated heterocycles. The second kappa shape index (κ2) is 4.49. The number of likely N-dealkylation sites (tertiary alicyclic amines) is 1. The Morgan fingerprint density at radius 3 is 1.75 bits per heavy atom. The first-order valence-corrected chi connectivity index (χ1v) is 7.66. The predicted octanol–water partition coefficient (Wildman–Crippen LogP) is 3.63. The molecule has 0 N–H and O–H groups in total. The normalized spacial score (nSPS) is 42.7. The van der Waals surface area contributed by atoms with Crippen LogP contribution in [0.3, 0.4) is 0 Å². The van der Waals surface area contributed by atoms with E-state index in [4.69, 9.17) is 12.2 Å². The van der Waals surface area contributed by atoms with Crippen molar-refractivity contribution < 1.29 is 0 Å². The van der Waals surface area contributed by atoms with E-state index in [1.54, 1.807) is 0 Å². The third kappa shape index (κ3) is 1.71. The van der Waals surface area contributed by atoms with Crippen molar-refractivity contribution in [3.63, 3.8) is 0 Å². The first-order valence-electron chi connectivity index (χ1n) is 6.80. The van der Waals surface area contributed by atoms with Crippen LogP contribution >= 0.6 is 24.8 Å². The van der Waals surface area contributed by atoms with Gasteiger partial charge in [-0.3, -0.25) is 0 Å². The van der Waals surface area contributed by atoms with Crippen LogP contribution in [0.15, 0.2) is 0 Å². The zero-order valence-electron chi connectivity index (χ0n) is 9.77. The number of fused-ring (bicyclic) bond motifs is 3. The summed E-state index contributed by atoms with van der Waals surface area (Å²) >= 11 is 9.87. The molecular formula is C13H21NS2. The van der Waals surface area contributed by atoms with Crippen molar-refractivity contribution in [1.29, 1.82) is 0 Å². The van der Waals surface area contributed by atoms with Crippen LogP contribution in [-0.4, -0.2) is 21.3 Å². The van der Waals surface area contributed by atoms with Gasteiger partial charge in [0, 0.05) is 12.1 Å². The summed E-state index contributed by atoms with van der Waals surface area (Å²) in [5, 5.41) is 0. The van der Waals surface area contributed by atoms with E-state index < -0.39 is 0 Å². The van der Waals surface area contributed by atoms with Crippen molar-refractivity contribution in [1.82, 2.24) is 4.90 Å². The highest BCUT2D eigenvalue weighted by Crippen LogP contribution is 2.49. The van der Waals surface area contributed by atoms with E-state index in [0.717, 1.165) is 28.2 Å². The van der Waals surface area contributed by atoms with Crippen LogP contribution in [0.4, 0.5) is 0 Å². The Morgan fingerprint density at radius 2 is 1.31 bits per heavy atom. The lowest BCUT2D eigenvalue weighted by Gasteiger charge is -2.34. The summed E-state index contributed by atoms with van der Waals surface area (Å²) in [7, 11) is 0. The highest BCUT2D eigenvalue weighted by molar-refractivity contribution is 8.10. The highest BCUT2D eigenvalue weighted by atomic mass is 32.1. The minimum Gasteiger partial charge on any atom is -0.351 e. The molecule has 1 aliphatic heterocycles. The number of rotatable bonds is 0. The van der Waals surface area contributed by atoms with Gasteiger partial charge in [0.15, 0.2) is 0 Å². The van der Waals surface area contributed by atoms with E-state index in [-0.39, 0.29) is 0 Å². The maximum atomic E-state index is 5.38. The zero-order chi connectivity index (χ0) is 11.1. The minimum absolute atomic E-state index is 0.742. The van der Waals surface area contributed by atoms with E-state index in [9.17, 15) is 0 Å². The van der Waals surface area contributed by atoms with Crippen LogP contribution in [0.1, 0.15) is 51.4 Å². The van der Waals surface area contributed by atoms with Gasteiger partial charge in [0.1, 0.15) is 4.32 Å². The van der Waals surface area contributed by atoms with Gasteiger partial charge < -0.3 is 4.90 Å². The van der Waals surface area contributed by atoms with Crippen LogP contribution in [0.25, 0.3) is 0 Å². The maximum absolute atomic E-state index is 5.38. The van der Waals surface area contributed by atoms with E-state index in [0.29, 0.717) is 0 Å². The summed E-state index contributed by atoms with van der Waals surface area (Å²) in [5.41, 5.74) is 0. The molecule has 0 aromatic carbocycles. The van der Waals surface area contributed by atoms with Crippen LogP contribution in [0, 0.1) is 11.8 Å². The van der Waals surface area contributed by atoms with Crippen LogP contribution in [0.5, 0.6) is 0 Å². The first kappa shape index (κ1) is 11.3. The zero-order valence-corrected chi connectivity index (χ0v) is 11.5. The molecule has 0 spiro atoms. The molecule has 3 rings (SSSR count). The molecule has 3 heteroatoms. The Bertz CT molecular complexity index is 270. The molecule has 0 amide bonds. The molecule has 2 saturated carbocycles. The van der Waals surface area contributed by atoms with Gasteiger partial charge in [-0.05, 0) is 37.5 Å². The van der Waals surface area contributed by atoms with Crippen molar-refractivity contribution in [2.45, 2.75) is 63.5 Å². The fourth-order valence-corrected chi connectivity index (χ4v) is 5.07. The summed E-state index contributed by atoms with van der Waals surface area (Å²) in [6.07, 6.45) is 11.3. The topological polar surface area (TPSA) is 3.24 Å². The lowest BCUT2D eigenvalue weighted by Crippen LogP contribution is -2.41. The van der Waals surface area contributed by atoms with E-state index in [1.807, 2.05) is 0 Å². The van der Waals surface area contributed by atoms with Gasteiger partial charge in [-0.2, -0.15) is 0 Å². The van der Waals surface area contributed by atoms with Gasteiger partial charge in [-0.15, -0.1) is 12.6 Å². The average Bonchev–Trinajstić information content (AvgIpc) is 2.63. The SMILES string of the molecule is S=C(S)N1C2CCCCC2C2CCCCC21. The second-order valence-corrected chi connectivity index (χ2v) is 6.83. The maximum Gasteiger partial charge on any atom is 0.133 e. The number of thiocarbonyl (C=S) groups is 1. The molecule has 4 atom stereocenters. The Morgan fingerprint density at radius 1 is 0.875 bits per heavy atom. The van der Waals surface area contributed by atoms with Crippen molar-refractivity contribution >= 4 is 29.2 Å². The summed E-state index contributed by atoms with van der Waals surface area (Å²) in [6.45, 7) is 0. The quantitative estimate of drug-likeness (QED) is 0.520. The molecule has 3 aliphatic rings. The smallest absolute Gasteiger partial charge is 0.133 e. The summed E-state index contributed by atoms with van der Waals surface area (Å²) in [4.78, 5) is 2.52. The van der Waals surface area contributed by atoms with Gasteiger partial charge in [0.2, 0.25) is 0 Å². The first-order chi connectivity index (χ1) is 7.79. The van der Waals surface area contributed by atoms with Crippen LogP contribution in [0.2, 0.25) is 0 Å². The monoisotopic (exact) mass is 255 g/mol. The minimum atomic E-state index is 0.742.